The van der Waals surface area contributed by atoms with Gasteiger partial charge in [0.05, 0.1) is 16.6 Å². The van der Waals surface area contributed by atoms with E-state index in [1.807, 2.05) is 48.7 Å². The van der Waals surface area contributed by atoms with Crippen molar-refractivity contribution >= 4 is 34.3 Å². The Morgan fingerprint density at radius 3 is 3.00 bits per heavy atom. The number of fused-ring (bicyclic) bond motifs is 3. The van der Waals surface area contributed by atoms with E-state index in [-0.39, 0.29) is 18.6 Å². The van der Waals surface area contributed by atoms with E-state index in [2.05, 4.69) is 21.4 Å². The fourth-order valence-corrected chi connectivity index (χ4v) is 3.98. The lowest BCUT2D eigenvalue weighted by atomic mass is 10.0. The molecule has 6 heteroatoms. The van der Waals surface area contributed by atoms with Gasteiger partial charge in [-0.15, -0.1) is 11.3 Å². The Morgan fingerprint density at radius 1 is 1.40 bits per heavy atom. The number of nitrogens with zero attached hydrogens (tertiary/aromatic N) is 2. The van der Waals surface area contributed by atoms with Crippen LogP contribution in [-0.4, -0.2) is 22.1 Å². The van der Waals surface area contributed by atoms with Gasteiger partial charge >= 0.3 is 5.97 Å². The minimum absolute atomic E-state index is 0.185. The summed E-state index contributed by atoms with van der Waals surface area (Å²) in [5, 5.41) is 5.27. The number of imidazole rings is 1. The highest BCUT2D eigenvalue weighted by Crippen LogP contribution is 2.40. The van der Waals surface area contributed by atoms with Gasteiger partial charge in [0.1, 0.15) is 12.6 Å². The van der Waals surface area contributed by atoms with E-state index in [1.165, 1.54) is 0 Å². The van der Waals surface area contributed by atoms with Crippen LogP contribution >= 0.6 is 11.3 Å². The Labute approximate surface area is 149 Å². The quantitative estimate of drug-likeness (QED) is 0.567. The molecule has 4 rings (SSSR count). The maximum atomic E-state index is 12.7. The Hall–Kier alpha value is -2.86. The Balaban J connectivity index is 1.92. The van der Waals surface area contributed by atoms with Crippen molar-refractivity contribution in [2.45, 2.75) is 13.0 Å². The molecule has 25 heavy (non-hydrogen) atoms. The summed E-state index contributed by atoms with van der Waals surface area (Å²) in [6.45, 7) is 5.68. The molecule has 126 valence electrons. The van der Waals surface area contributed by atoms with Crippen LogP contribution in [0.25, 0.3) is 11.0 Å². The Kier molecular flexibility index (Phi) is 3.89. The number of anilines is 1. The molecule has 0 aliphatic carbocycles. The molecule has 1 aromatic carbocycles. The lowest BCUT2D eigenvalue weighted by Crippen LogP contribution is -2.28. The molecule has 3 heterocycles. The molecule has 0 spiro atoms. The van der Waals surface area contributed by atoms with E-state index >= 15 is 0 Å². The van der Waals surface area contributed by atoms with Crippen molar-refractivity contribution in [1.82, 2.24) is 9.55 Å². The first kappa shape index (κ1) is 15.7. The number of carbonyl (C=O) groups is 1. The van der Waals surface area contributed by atoms with Gasteiger partial charge in [0.25, 0.3) is 0 Å². The minimum atomic E-state index is -0.341. The topological polar surface area (TPSA) is 56.1 Å². The van der Waals surface area contributed by atoms with E-state index in [9.17, 15) is 4.79 Å². The number of allylic oxidation sites excluding steroid dienone is 1. The second-order valence-corrected chi connectivity index (χ2v) is 6.74. The number of esters is 1. The monoisotopic (exact) mass is 351 g/mol. The van der Waals surface area contributed by atoms with E-state index in [1.54, 1.807) is 17.4 Å². The lowest BCUT2D eigenvalue weighted by Gasteiger charge is -2.29. The molecule has 5 nitrogen and oxygen atoms in total. The fourth-order valence-electron chi connectivity index (χ4n) is 3.16. The van der Waals surface area contributed by atoms with Crippen LogP contribution in [0.5, 0.6) is 0 Å². The van der Waals surface area contributed by atoms with Crippen molar-refractivity contribution in [1.29, 1.82) is 0 Å². The molecule has 1 unspecified atom stereocenters. The van der Waals surface area contributed by atoms with Gasteiger partial charge in [-0.25, -0.2) is 9.78 Å². The van der Waals surface area contributed by atoms with Crippen LogP contribution < -0.4 is 5.32 Å². The second-order valence-electron chi connectivity index (χ2n) is 5.76. The van der Waals surface area contributed by atoms with Gasteiger partial charge in [-0.05, 0) is 30.5 Å². The highest BCUT2D eigenvalue weighted by Gasteiger charge is 2.35. The third-order valence-corrected chi connectivity index (χ3v) is 5.12. The molecule has 0 saturated heterocycles. The van der Waals surface area contributed by atoms with E-state index in [4.69, 9.17) is 4.74 Å². The van der Waals surface area contributed by atoms with Gasteiger partial charge in [-0.2, -0.15) is 0 Å². The number of para-hydroxylation sites is 2. The zero-order valence-corrected chi connectivity index (χ0v) is 14.5. The average molecular weight is 351 g/mol. The first-order valence-corrected chi connectivity index (χ1v) is 8.85. The van der Waals surface area contributed by atoms with Gasteiger partial charge in [-0.1, -0.05) is 30.9 Å². The third-order valence-electron chi connectivity index (χ3n) is 4.20. The van der Waals surface area contributed by atoms with Crippen LogP contribution in [0.15, 0.2) is 65.7 Å². The molecule has 0 saturated carbocycles. The summed E-state index contributed by atoms with van der Waals surface area (Å²) in [4.78, 5) is 18.5. The normalized spacial score (nSPS) is 16.4. The van der Waals surface area contributed by atoms with Gasteiger partial charge in [0, 0.05) is 10.6 Å². The van der Waals surface area contributed by atoms with Gasteiger partial charge < -0.3 is 10.1 Å². The molecule has 2 aromatic heterocycles. The van der Waals surface area contributed by atoms with Crippen LogP contribution in [0.3, 0.4) is 0 Å². The zero-order chi connectivity index (χ0) is 17.4. The van der Waals surface area contributed by atoms with Crippen LogP contribution in [0, 0.1) is 0 Å². The highest BCUT2D eigenvalue weighted by molar-refractivity contribution is 7.10. The number of hydrogen-bond donors (Lipinski definition) is 1. The van der Waals surface area contributed by atoms with Crippen molar-refractivity contribution in [3.8, 4) is 0 Å². The number of hydrogen-bond acceptors (Lipinski definition) is 5. The highest BCUT2D eigenvalue weighted by atomic mass is 32.1. The Morgan fingerprint density at radius 2 is 2.24 bits per heavy atom. The van der Waals surface area contributed by atoms with Crippen LogP contribution in [-0.2, 0) is 9.53 Å². The molecule has 0 amide bonds. The maximum Gasteiger partial charge on any atom is 0.338 e. The van der Waals surface area contributed by atoms with Gasteiger partial charge in [0.2, 0.25) is 5.95 Å². The van der Waals surface area contributed by atoms with E-state index in [0.29, 0.717) is 5.57 Å². The molecule has 1 aliphatic rings. The fraction of sp³-hybridized carbons (Fsp3) is 0.158. The first-order chi connectivity index (χ1) is 12.2. The second kappa shape index (κ2) is 6.22. The lowest BCUT2D eigenvalue weighted by molar-refractivity contribution is -0.138. The molecule has 1 aliphatic heterocycles. The van der Waals surface area contributed by atoms with E-state index in [0.717, 1.165) is 27.6 Å². The molecule has 0 radical (unpaired) electrons. The third kappa shape index (κ3) is 2.55. The van der Waals surface area contributed by atoms with Crippen molar-refractivity contribution < 1.29 is 9.53 Å². The number of carbonyl (C=O) groups excluding carboxylic acids is 1. The summed E-state index contributed by atoms with van der Waals surface area (Å²) >= 11 is 1.61. The maximum absolute atomic E-state index is 12.7. The summed E-state index contributed by atoms with van der Waals surface area (Å²) in [6, 6.07) is 11.7. The number of ether oxygens (including phenoxy) is 1. The largest absolute Gasteiger partial charge is 0.458 e. The molecule has 1 atom stereocenters. The summed E-state index contributed by atoms with van der Waals surface area (Å²) in [5.74, 6) is 0.393. The zero-order valence-electron chi connectivity index (χ0n) is 13.7. The molecule has 0 fully saturated rings. The number of aromatic nitrogens is 2. The number of benzene rings is 1. The van der Waals surface area contributed by atoms with Crippen molar-refractivity contribution in [3.05, 3.63) is 70.6 Å². The summed E-state index contributed by atoms with van der Waals surface area (Å²) < 4.78 is 7.42. The molecule has 3 aromatic rings. The number of thiophene rings is 1. The summed E-state index contributed by atoms with van der Waals surface area (Å²) in [7, 11) is 0. The summed E-state index contributed by atoms with van der Waals surface area (Å²) in [5.41, 5.74) is 3.22. The minimum Gasteiger partial charge on any atom is -0.458 e. The van der Waals surface area contributed by atoms with Gasteiger partial charge in [-0.3, -0.25) is 4.57 Å². The van der Waals surface area contributed by atoms with Gasteiger partial charge in [0.15, 0.2) is 0 Å². The van der Waals surface area contributed by atoms with E-state index < -0.39 is 0 Å². The summed E-state index contributed by atoms with van der Waals surface area (Å²) in [6.07, 6.45) is 1.57. The molecular formula is C19H17N3O2S. The van der Waals surface area contributed by atoms with Crippen LogP contribution in [0.4, 0.5) is 5.95 Å². The number of nitrogens with one attached hydrogen (secondary N) is 1. The number of rotatable bonds is 4. The molecule has 0 bridgehead atoms. The molecule has 1 N–H and O–H groups in total. The smallest absolute Gasteiger partial charge is 0.338 e. The Bertz CT molecular complexity index is 985. The average Bonchev–Trinajstić information content (AvgIpc) is 3.25. The van der Waals surface area contributed by atoms with Crippen molar-refractivity contribution in [2.24, 2.45) is 0 Å². The molecular weight excluding hydrogens is 334 g/mol. The van der Waals surface area contributed by atoms with Crippen molar-refractivity contribution in [2.75, 3.05) is 11.9 Å². The van der Waals surface area contributed by atoms with Crippen molar-refractivity contribution in [3.63, 3.8) is 0 Å². The van der Waals surface area contributed by atoms with Crippen LogP contribution in [0.2, 0.25) is 0 Å². The van der Waals surface area contributed by atoms with Crippen LogP contribution in [0.1, 0.15) is 17.8 Å². The standard InChI is InChI=1S/C19H17N3O2S/c1-3-10-24-18(23)16-12(2)20-19-21-13-7-4-5-8-14(13)22(19)17(16)15-9-6-11-25-15/h3-9,11,17H,1,10H2,2H3,(H,20,21). The SMILES string of the molecule is C=CCOC(=O)C1=C(C)Nc2nc3ccccc3n2C1c1cccs1. The predicted molar refractivity (Wildman–Crippen MR) is 99.7 cm³/mol. The first-order valence-electron chi connectivity index (χ1n) is 7.97. The predicted octanol–water partition coefficient (Wildman–Crippen LogP) is 4.12.